The third-order valence-electron chi connectivity index (χ3n) is 3.20. The minimum atomic E-state index is -0.329. The number of aliphatic hydroxyl groups excluding tert-OH is 1. The number of halogens is 1. The molecule has 1 aromatic heterocycles. The summed E-state index contributed by atoms with van der Waals surface area (Å²) < 4.78 is 12.9. The highest BCUT2D eigenvalue weighted by atomic mass is 32.1. The number of aromatic nitrogens is 1. The summed E-state index contributed by atoms with van der Waals surface area (Å²) >= 11 is 1.32. The molecule has 0 aliphatic heterocycles. The number of rotatable bonds is 4. The van der Waals surface area contributed by atoms with Crippen molar-refractivity contribution in [3.05, 3.63) is 71.0 Å². The normalized spacial score (nSPS) is 10.5. The molecule has 2 aromatic carbocycles. The Labute approximate surface area is 136 Å². The number of carbonyl (C=O) groups is 1. The van der Waals surface area contributed by atoms with Crippen molar-refractivity contribution < 1.29 is 14.3 Å². The first kappa shape index (κ1) is 15.3. The third-order valence-corrected chi connectivity index (χ3v) is 4.09. The first-order valence-electron chi connectivity index (χ1n) is 6.88. The lowest BCUT2D eigenvalue weighted by atomic mass is 10.2. The van der Waals surface area contributed by atoms with E-state index in [0.29, 0.717) is 22.0 Å². The van der Waals surface area contributed by atoms with Gasteiger partial charge in [0.2, 0.25) is 0 Å². The highest BCUT2D eigenvalue weighted by Gasteiger charge is 2.12. The molecule has 116 valence electrons. The smallest absolute Gasteiger partial charge is 0.275 e. The molecule has 0 aliphatic carbocycles. The van der Waals surface area contributed by atoms with Crippen LogP contribution in [-0.4, -0.2) is 16.0 Å². The van der Waals surface area contributed by atoms with Gasteiger partial charge >= 0.3 is 0 Å². The summed E-state index contributed by atoms with van der Waals surface area (Å²) in [4.78, 5) is 16.5. The number of nitrogens with zero attached hydrogens (tertiary/aromatic N) is 1. The molecule has 0 radical (unpaired) electrons. The Balaban J connectivity index is 1.76. The summed E-state index contributed by atoms with van der Waals surface area (Å²) in [5.74, 6) is -0.642. The molecule has 0 spiro atoms. The summed E-state index contributed by atoms with van der Waals surface area (Å²) in [6.07, 6.45) is 0. The third kappa shape index (κ3) is 3.61. The van der Waals surface area contributed by atoms with Crippen molar-refractivity contribution >= 4 is 22.9 Å². The molecule has 3 aromatic rings. The van der Waals surface area contributed by atoms with Gasteiger partial charge < -0.3 is 10.4 Å². The van der Waals surface area contributed by atoms with E-state index in [4.69, 9.17) is 5.11 Å². The standard InChI is InChI=1S/C17H13FN2O2S/c18-13-6-4-12(5-7-13)17-20-15(10-23-17)16(22)19-14-3-1-2-11(8-14)9-21/h1-8,10,21H,9H2,(H,19,22). The minimum Gasteiger partial charge on any atom is -0.392 e. The zero-order chi connectivity index (χ0) is 16.2. The van der Waals surface area contributed by atoms with Crippen LogP contribution in [0.15, 0.2) is 53.9 Å². The van der Waals surface area contributed by atoms with E-state index in [9.17, 15) is 9.18 Å². The summed E-state index contributed by atoms with van der Waals surface area (Å²) in [5.41, 5.74) is 2.37. The van der Waals surface area contributed by atoms with Crippen LogP contribution < -0.4 is 5.32 Å². The van der Waals surface area contributed by atoms with E-state index in [1.807, 2.05) is 0 Å². The number of benzene rings is 2. The van der Waals surface area contributed by atoms with Crippen LogP contribution in [0.1, 0.15) is 16.1 Å². The molecule has 0 unspecified atom stereocenters. The van der Waals surface area contributed by atoms with Crippen LogP contribution in [0, 0.1) is 5.82 Å². The van der Waals surface area contributed by atoms with Gasteiger partial charge in [0.15, 0.2) is 0 Å². The molecule has 0 saturated carbocycles. The van der Waals surface area contributed by atoms with Gasteiger partial charge in [-0.25, -0.2) is 9.37 Å². The molecule has 0 saturated heterocycles. The first-order chi connectivity index (χ1) is 11.2. The maximum absolute atomic E-state index is 12.9. The number of amides is 1. The fourth-order valence-corrected chi connectivity index (χ4v) is 2.85. The van der Waals surface area contributed by atoms with Crippen LogP contribution in [0.2, 0.25) is 0 Å². The monoisotopic (exact) mass is 328 g/mol. The molecular weight excluding hydrogens is 315 g/mol. The lowest BCUT2D eigenvalue weighted by molar-refractivity contribution is 0.102. The first-order valence-corrected chi connectivity index (χ1v) is 7.76. The van der Waals surface area contributed by atoms with E-state index < -0.39 is 0 Å². The zero-order valence-corrected chi connectivity index (χ0v) is 12.8. The molecule has 1 amide bonds. The topological polar surface area (TPSA) is 62.2 Å². The SMILES string of the molecule is O=C(Nc1cccc(CO)c1)c1csc(-c2ccc(F)cc2)n1. The van der Waals surface area contributed by atoms with Gasteiger partial charge in [-0.3, -0.25) is 4.79 Å². The lowest BCUT2D eigenvalue weighted by Gasteiger charge is -2.04. The van der Waals surface area contributed by atoms with Crippen LogP contribution in [-0.2, 0) is 6.61 Å². The van der Waals surface area contributed by atoms with Crippen LogP contribution in [0.4, 0.5) is 10.1 Å². The predicted octanol–water partition coefficient (Wildman–Crippen LogP) is 3.69. The van der Waals surface area contributed by atoms with Gasteiger partial charge in [-0.05, 0) is 42.0 Å². The van der Waals surface area contributed by atoms with E-state index in [2.05, 4.69) is 10.3 Å². The van der Waals surface area contributed by atoms with Gasteiger partial charge in [-0.15, -0.1) is 11.3 Å². The quantitative estimate of drug-likeness (QED) is 0.768. The van der Waals surface area contributed by atoms with Crippen molar-refractivity contribution in [2.45, 2.75) is 6.61 Å². The van der Waals surface area contributed by atoms with E-state index in [1.54, 1.807) is 41.8 Å². The van der Waals surface area contributed by atoms with Gasteiger partial charge in [0.05, 0.1) is 6.61 Å². The summed E-state index contributed by atoms with van der Waals surface area (Å²) in [6, 6.07) is 12.9. The van der Waals surface area contributed by atoms with Crippen molar-refractivity contribution in [3.8, 4) is 10.6 Å². The maximum atomic E-state index is 12.9. The van der Waals surface area contributed by atoms with Gasteiger partial charge in [-0.1, -0.05) is 12.1 Å². The predicted molar refractivity (Wildman–Crippen MR) is 87.8 cm³/mol. The molecule has 23 heavy (non-hydrogen) atoms. The van der Waals surface area contributed by atoms with E-state index in [-0.39, 0.29) is 18.3 Å². The average Bonchev–Trinajstić information content (AvgIpc) is 3.06. The van der Waals surface area contributed by atoms with Crippen molar-refractivity contribution in [1.82, 2.24) is 4.98 Å². The van der Waals surface area contributed by atoms with Gasteiger partial charge in [0.25, 0.3) is 5.91 Å². The number of hydrogen-bond acceptors (Lipinski definition) is 4. The van der Waals surface area contributed by atoms with Gasteiger partial charge in [0.1, 0.15) is 16.5 Å². The van der Waals surface area contributed by atoms with Crippen molar-refractivity contribution in [2.75, 3.05) is 5.32 Å². The Bertz CT molecular complexity index is 831. The minimum absolute atomic E-state index is 0.0882. The Morgan fingerprint density at radius 3 is 2.74 bits per heavy atom. The fourth-order valence-electron chi connectivity index (χ4n) is 2.05. The molecule has 4 nitrogen and oxygen atoms in total. The average molecular weight is 328 g/mol. The molecule has 6 heteroatoms. The van der Waals surface area contributed by atoms with E-state index in [1.165, 1.54) is 23.5 Å². The highest BCUT2D eigenvalue weighted by Crippen LogP contribution is 2.24. The maximum Gasteiger partial charge on any atom is 0.275 e. The van der Waals surface area contributed by atoms with Crippen molar-refractivity contribution in [3.63, 3.8) is 0 Å². The number of hydrogen-bond donors (Lipinski definition) is 2. The van der Waals surface area contributed by atoms with Crippen LogP contribution in [0.5, 0.6) is 0 Å². The second kappa shape index (κ2) is 6.68. The molecule has 2 N–H and O–H groups in total. The van der Waals surface area contributed by atoms with Crippen LogP contribution in [0.3, 0.4) is 0 Å². The molecule has 0 bridgehead atoms. The number of nitrogens with one attached hydrogen (secondary N) is 1. The number of anilines is 1. The summed E-state index contributed by atoms with van der Waals surface area (Å²) in [7, 11) is 0. The van der Waals surface area contributed by atoms with E-state index in [0.717, 1.165) is 5.56 Å². The number of thiazole rings is 1. The highest BCUT2D eigenvalue weighted by molar-refractivity contribution is 7.13. The van der Waals surface area contributed by atoms with Gasteiger partial charge in [-0.2, -0.15) is 0 Å². The van der Waals surface area contributed by atoms with E-state index >= 15 is 0 Å². The van der Waals surface area contributed by atoms with Crippen LogP contribution in [0.25, 0.3) is 10.6 Å². The Morgan fingerprint density at radius 1 is 1.22 bits per heavy atom. The molecular formula is C17H13FN2O2S. The largest absolute Gasteiger partial charge is 0.392 e. The van der Waals surface area contributed by atoms with Crippen molar-refractivity contribution in [1.29, 1.82) is 0 Å². The molecule has 1 heterocycles. The van der Waals surface area contributed by atoms with Crippen molar-refractivity contribution in [2.24, 2.45) is 0 Å². The summed E-state index contributed by atoms with van der Waals surface area (Å²) in [5, 5.41) is 14.2. The second-order valence-electron chi connectivity index (χ2n) is 4.86. The molecule has 0 atom stereocenters. The number of carbonyl (C=O) groups excluding carboxylic acids is 1. The van der Waals surface area contributed by atoms with Gasteiger partial charge in [0, 0.05) is 16.6 Å². The Morgan fingerprint density at radius 2 is 2.00 bits per heavy atom. The lowest BCUT2D eigenvalue weighted by Crippen LogP contribution is -2.12. The Hall–Kier alpha value is -2.57. The zero-order valence-electron chi connectivity index (χ0n) is 12.0. The van der Waals surface area contributed by atoms with Crippen LogP contribution >= 0.6 is 11.3 Å². The molecule has 0 aliphatic rings. The Kier molecular flexibility index (Phi) is 4.45. The summed E-state index contributed by atoms with van der Waals surface area (Å²) in [6.45, 7) is -0.0882. The number of aliphatic hydroxyl groups is 1. The fraction of sp³-hybridized carbons (Fsp3) is 0.0588. The molecule has 3 rings (SSSR count). The second-order valence-corrected chi connectivity index (χ2v) is 5.72. The molecule has 0 fully saturated rings.